The highest BCUT2D eigenvalue weighted by Crippen LogP contribution is 2.18. The first-order valence-corrected chi connectivity index (χ1v) is 6.72. The van der Waals surface area contributed by atoms with E-state index in [1.165, 1.54) is 0 Å². The minimum absolute atomic E-state index is 0.205. The van der Waals surface area contributed by atoms with Crippen LogP contribution in [0.3, 0.4) is 0 Å². The molecule has 108 valence electrons. The molecule has 1 aliphatic rings. The van der Waals surface area contributed by atoms with Gasteiger partial charge in [-0.2, -0.15) is 4.98 Å². The van der Waals surface area contributed by atoms with Crippen molar-refractivity contribution in [3.05, 3.63) is 5.89 Å². The maximum atomic E-state index is 6.02. The molecule has 1 unspecified atom stereocenters. The maximum absolute atomic E-state index is 6.02. The number of piperazine rings is 1. The van der Waals surface area contributed by atoms with Crippen LogP contribution < -0.4 is 10.6 Å². The van der Waals surface area contributed by atoms with Crippen molar-refractivity contribution < 1.29 is 9.26 Å². The van der Waals surface area contributed by atoms with Crippen LogP contribution in [0.25, 0.3) is 0 Å². The van der Waals surface area contributed by atoms with Crippen molar-refractivity contribution >= 4 is 5.95 Å². The zero-order valence-corrected chi connectivity index (χ0v) is 11.7. The van der Waals surface area contributed by atoms with Crippen molar-refractivity contribution in [1.82, 2.24) is 15.0 Å². The third-order valence-electron chi connectivity index (χ3n) is 3.40. The molecule has 0 spiro atoms. The molecule has 0 radical (unpaired) electrons. The van der Waals surface area contributed by atoms with Crippen LogP contribution in [0.5, 0.6) is 0 Å². The number of rotatable bonds is 6. The molecule has 1 aromatic heterocycles. The highest BCUT2D eigenvalue weighted by molar-refractivity contribution is 5.28. The van der Waals surface area contributed by atoms with Gasteiger partial charge in [0.2, 0.25) is 5.89 Å². The second-order valence-corrected chi connectivity index (χ2v) is 4.96. The zero-order valence-electron chi connectivity index (χ0n) is 11.7. The molecule has 1 aromatic rings. The quantitative estimate of drug-likeness (QED) is 0.741. The Morgan fingerprint density at radius 3 is 2.79 bits per heavy atom. The van der Waals surface area contributed by atoms with E-state index in [4.69, 9.17) is 15.0 Å². The summed E-state index contributed by atoms with van der Waals surface area (Å²) in [5.41, 5.74) is 6.02. The molecule has 1 saturated heterocycles. The highest BCUT2D eigenvalue weighted by atomic mass is 16.5. The number of nitrogens with zero attached hydrogens (tertiary/aromatic N) is 4. The van der Waals surface area contributed by atoms with Gasteiger partial charge >= 0.3 is 0 Å². The van der Waals surface area contributed by atoms with Crippen LogP contribution in [-0.4, -0.2) is 62.0 Å². The number of hydrogen-bond donors (Lipinski definition) is 1. The van der Waals surface area contributed by atoms with E-state index in [9.17, 15) is 0 Å². The topological polar surface area (TPSA) is 80.7 Å². The summed E-state index contributed by atoms with van der Waals surface area (Å²) in [6.45, 7) is 4.59. The molecule has 2 rings (SSSR count). The fourth-order valence-corrected chi connectivity index (χ4v) is 2.08. The lowest BCUT2D eigenvalue weighted by atomic mass is 10.2. The van der Waals surface area contributed by atoms with Crippen molar-refractivity contribution in [3.63, 3.8) is 0 Å². The molecular weight excluding hydrogens is 246 g/mol. The highest BCUT2D eigenvalue weighted by Gasteiger charge is 2.21. The SMILES string of the molecule is COCCCC(N)c1nc(N2CCN(C)CC2)no1. The fraction of sp³-hybridized carbons (Fsp3) is 0.833. The number of ether oxygens (including phenoxy) is 1. The van der Waals surface area contributed by atoms with Gasteiger partial charge in [0.25, 0.3) is 5.95 Å². The Hall–Kier alpha value is -1.18. The van der Waals surface area contributed by atoms with Crippen LogP contribution in [0.1, 0.15) is 24.8 Å². The molecule has 1 atom stereocenters. The van der Waals surface area contributed by atoms with E-state index in [-0.39, 0.29) is 6.04 Å². The van der Waals surface area contributed by atoms with Crippen LogP contribution in [0.4, 0.5) is 5.95 Å². The molecule has 0 aliphatic carbocycles. The molecule has 2 N–H and O–H groups in total. The second kappa shape index (κ2) is 6.83. The third kappa shape index (κ3) is 3.89. The largest absolute Gasteiger partial charge is 0.385 e. The van der Waals surface area contributed by atoms with Gasteiger partial charge in [-0.15, -0.1) is 0 Å². The summed E-state index contributed by atoms with van der Waals surface area (Å²) in [6.07, 6.45) is 1.68. The zero-order chi connectivity index (χ0) is 13.7. The van der Waals surface area contributed by atoms with Crippen molar-refractivity contribution in [2.75, 3.05) is 51.8 Å². The molecule has 0 amide bonds. The molecule has 2 heterocycles. The van der Waals surface area contributed by atoms with Gasteiger partial charge in [0, 0.05) is 39.9 Å². The Balaban J connectivity index is 1.87. The minimum atomic E-state index is -0.205. The van der Waals surface area contributed by atoms with E-state index < -0.39 is 0 Å². The van der Waals surface area contributed by atoms with Gasteiger partial charge in [-0.1, -0.05) is 0 Å². The summed E-state index contributed by atoms with van der Waals surface area (Å²) in [6, 6.07) is -0.205. The smallest absolute Gasteiger partial charge is 0.266 e. The van der Waals surface area contributed by atoms with E-state index in [0.717, 1.165) is 39.0 Å². The molecule has 7 heteroatoms. The fourth-order valence-electron chi connectivity index (χ4n) is 2.08. The van der Waals surface area contributed by atoms with Gasteiger partial charge in [0.05, 0.1) is 6.04 Å². The average molecular weight is 269 g/mol. The van der Waals surface area contributed by atoms with Crippen molar-refractivity contribution in [1.29, 1.82) is 0 Å². The lowest BCUT2D eigenvalue weighted by molar-refractivity contribution is 0.188. The normalized spacial score (nSPS) is 18.8. The third-order valence-corrected chi connectivity index (χ3v) is 3.40. The molecule has 1 aliphatic heterocycles. The van der Waals surface area contributed by atoms with Gasteiger partial charge in [-0.3, -0.25) is 0 Å². The van der Waals surface area contributed by atoms with Gasteiger partial charge in [-0.05, 0) is 25.0 Å². The van der Waals surface area contributed by atoms with Gasteiger partial charge < -0.3 is 24.8 Å². The molecule has 19 heavy (non-hydrogen) atoms. The number of anilines is 1. The van der Waals surface area contributed by atoms with Crippen molar-refractivity contribution in [2.45, 2.75) is 18.9 Å². The van der Waals surface area contributed by atoms with Gasteiger partial charge in [0.1, 0.15) is 0 Å². The Bertz CT molecular complexity index is 376. The van der Waals surface area contributed by atoms with Gasteiger partial charge in [-0.25, -0.2) is 0 Å². The standard InChI is InChI=1S/C12H23N5O2/c1-16-5-7-17(8-6-16)12-14-11(19-15-12)10(13)4-3-9-18-2/h10H,3-9,13H2,1-2H3. The summed E-state index contributed by atoms with van der Waals surface area (Å²) in [5.74, 6) is 1.18. The molecule has 0 bridgehead atoms. The summed E-state index contributed by atoms with van der Waals surface area (Å²) in [5, 5.41) is 4.02. The first kappa shape index (κ1) is 14.2. The van der Waals surface area contributed by atoms with Crippen molar-refractivity contribution in [2.24, 2.45) is 5.73 Å². The molecule has 0 aromatic carbocycles. The van der Waals surface area contributed by atoms with Crippen LogP contribution in [0.2, 0.25) is 0 Å². The van der Waals surface area contributed by atoms with E-state index in [1.54, 1.807) is 7.11 Å². The summed E-state index contributed by atoms with van der Waals surface area (Å²) in [4.78, 5) is 8.82. The minimum Gasteiger partial charge on any atom is -0.385 e. The molecule has 0 saturated carbocycles. The lowest BCUT2D eigenvalue weighted by Gasteiger charge is -2.31. The van der Waals surface area contributed by atoms with E-state index >= 15 is 0 Å². The lowest BCUT2D eigenvalue weighted by Crippen LogP contribution is -2.44. The first-order chi connectivity index (χ1) is 9.20. The maximum Gasteiger partial charge on any atom is 0.266 e. The Morgan fingerprint density at radius 1 is 1.37 bits per heavy atom. The molecule has 1 fully saturated rings. The predicted molar refractivity (Wildman–Crippen MR) is 72.0 cm³/mol. The average Bonchev–Trinajstić information content (AvgIpc) is 2.89. The first-order valence-electron chi connectivity index (χ1n) is 6.72. The van der Waals surface area contributed by atoms with Crippen LogP contribution in [-0.2, 0) is 4.74 Å². The number of likely N-dealkylation sites (N-methyl/N-ethyl adjacent to an activating group) is 1. The van der Waals surface area contributed by atoms with E-state index in [1.807, 2.05) is 0 Å². The van der Waals surface area contributed by atoms with Crippen LogP contribution in [0, 0.1) is 0 Å². The summed E-state index contributed by atoms with van der Waals surface area (Å²) < 4.78 is 10.3. The monoisotopic (exact) mass is 269 g/mol. The molecular formula is C12H23N5O2. The van der Waals surface area contributed by atoms with Gasteiger partial charge in [0.15, 0.2) is 0 Å². The van der Waals surface area contributed by atoms with Crippen LogP contribution >= 0.6 is 0 Å². The van der Waals surface area contributed by atoms with E-state index in [2.05, 4.69) is 27.0 Å². The molecule has 7 nitrogen and oxygen atoms in total. The number of aromatic nitrogens is 2. The number of methoxy groups -OCH3 is 1. The van der Waals surface area contributed by atoms with Crippen LogP contribution in [0.15, 0.2) is 4.52 Å². The summed E-state index contributed by atoms with van der Waals surface area (Å²) in [7, 11) is 3.80. The predicted octanol–water partition coefficient (Wildman–Crippen LogP) is 0.248. The Labute approximate surface area is 113 Å². The second-order valence-electron chi connectivity index (χ2n) is 4.96. The summed E-state index contributed by atoms with van der Waals surface area (Å²) >= 11 is 0. The Morgan fingerprint density at radius 2 is 2.11 bits per heavy atom. The van der Waals surface area contributed by atoms with E-state index in [0.29, 0.717) is 18.4 Å². The Kier molecular flexibility index (Phi) is 5.12. The van der Waals surface area contributed by atoms with Crippen molar-refractivity contribution in [3.8, 4) is 0 Å². The number of hydrogen-bond acceptors (Lipinski definition) is 7. The number of nitrogens with two attached hydrogens (primary N) is 1.